The highest BCUT2D eigenvalue weighted by atomic mass is 14.9. The van der Waals surface area contributed by atoms with E-state index in [1.807, 2.05) is 6.07 Å². The van der Waals surface area contributed by atoms with E-state index in [1.165, 1.54) is 71.4 Å². The fourth-order valence-electron chi connectivity index (χ4n) is 9.12. The van der Waals surface area contributed by atoms with E-state index in [0.717, 1.165) is 33.5 Å². The third-order valence-electron chi connectivity index (χ3n) is 12.1. The number of fused-ring (bicyclic) bond motifs is 6. The lowest BCUT2D eigenvalue weighted by atomic mass is 9.81. The van der Waals surface area contributed by atoms with Crippen LogP contribution in [0.5, 0.6) is 0 Å². The summed E-state index contributed by atoms with van der Waals surface area (Å²) in [5, 5.41) is 7.37. The van der Waals surface area contributed by atoms with Crippen LogP contribution in [0.1, 0.15) is 25.0 Å². The van der Waals surface area contributed by atoms with E-state index in [2.05, 4.69) is 202 Å². The van der Waals surface area contributed by atoms with Gasteiger partial charge in [0.25, 0.3) is 0 Å². The summed E-state index contributed by atoms with van der Waals surface area (Å²) < 4.78 is 0. The Morgan fingerprint density at radius 3 is 1.60 bits per heavy atom. The second-order valence-electron chi connectivity index (χ2n) is 15.8. The maximum Gasteiger partial charge on any atom is 0.161 e. The summed E-state index contributed by atoms with van der Waals surface area (Å²) in [6.45, 7) is 4.71. The molecule has 0 bridgehead atoms. The molecule has 0 atom stereocenters. The van der Waals surface area contributed by atoms with Gasteiger partial charge >= 0.3 is 0 Å². The molecular formula is C55H38N2. The molecule has 0 unspecified atom stereocenters. The van der Waals surface area contributed by atoms with Gasteiger partial charge in [-0.15, -0.1) is 0 Å². The first-order valence-electron chi connectivity index (χ1n) is 19.7. The molecule has 1 aliphatic carbocycles. The van der Waals surface area contributed by atoms with Gasteiger partial charge in [-0.05, 0) is 107 Å². The van der Waals surface area contributed by atoms with Crippen LogP contribution in [0.25, 0.3) is 99.6 Å². The molecule has 0 spiro atoms. The van der Waals surface area contributed by atoms with Crippen LogP contribution in [0.15, 0.2) is 194 Å². The van der Waals surface area contributed by atoms with E-state index in [-0.39, 0.29) is 5.41 Å². The van der Waals surface area contributed by atoms with E-state index in [4.69, 9.17) is 9.97 Å². The summed E-state index contributed by atoms with van der Waals surface area (Å²) >= 11 is 0. The van der Waals surface area contributed by atoms with Crippen molar-refractivity contribution < 1.29 is 0 Å². The first-order valence-corrected chi connectivity index (χ1v) is 19.7. The fraction of sp³-hybridized carbons (Fsp3) is 0.0545. The van der Waals surface area contributed by atoms with Crippen LogP contribution in [0, 0.1) is 0 Å². The Kier molecular flexibility index (Phi) is 7.55. The van der Waals surface area contributed by atoms with Gasteiger partial charge in [0.1, 0.15) is 0 Å². The normalized spacial score (nSPS) is 12.9. The zero-order chi connectivity index (χ0) is 38.1. The first-order chi connectivity index (χ1) is 28.0. The van der Waals surface area contributed by atoms with Gasteiger partial charge in [0.2, 0.25) is 0 Å². The molecule has 0 radical (unpaired) electrons. The third kappa shape index (κ3) is 5.48. The van der Waals surface area contributed by atoms with Crippen LogP contribution in [0.4, 0.5) is 0 Å². The summed E-state index contributed by atoms with van der Waals surface area (Å²) in [4.78, 5) is 10.6. The molecule has 10 aromatic rings. The highest BCUT2D eigenvalue weighted by Crippen LogP contribution is 2.51. The van der Waals surface area contributed by atoms with Crippen LogP contribution >= 0.6 is 0 Å². The minimum atomic E-state index is -0.0752. The van der Waals surface area contributed by atoms with Crippen molar-refractivity contribution in [3.05, 3.63) is 205 Å². The van der Waals surface area contributed by atoms with Gasteiger partial charge in [0.15, 0.2) is 5.82 Å². The van der Waals surface area contributed by atoms with Gasteiger partial charge in [0, 0.05) is 22.1 Å². The monoisotopic (exact) mass is 726 g/mol. The summed E-state index contributed by atoms with van der Waals surface area (Å²) in [5.74, 6) is 0.712. The average molecular weight is 727 g/mol. The highest BCUT2D eigenvalue weighted by Gasteiger charge is 2.36. The second-order valence-corrected chi connectivity index (χ2v) is 15.8. The summed E-state index contributed by atoms with van der Waals surface area (Å²) in [5.41, 5.74) is 15.1. The van der Waals surface area contributed by atoms with Crippen molar-refractivity contribution in [1.29, 1.82) is 0 Å². The molecule has 57 heavy (non-hydrogen) atoms. The minimum Gasteiger partial charge on any atom is -0.228 e. The number of hydrogen-bond donors (Lipinski definition) is 0. The van der Waals surface area contributed by atoms with Crippen molar-refractivity contribution in [2.75, 3.05) is 0 Å². The predicted octanol–water partition coefficient (Wildman–Crippen LogP) is 14.6. The Hall–Kier alpha value is -7.16. The van der Waals surface area contributed by atoms with E-state index in [1.54, 1.807) is 0 Å². The Bertz CT molecular complexity index is 3190. The lowest BCUT2D eigenvalue weighted by Crippen LogP contribution is -2.14. The molecule has 1 heterocycles. The summed E-state index contributed by atoms with van der Waals surface area (Å²) in [7, 11) is 0. The van der Waals surface area contributed by atoms with Crippen LogP contribution in [0.3, 0.4) is 0 Å². The van der Waals surface area contributed by atoms with E-state index in [0.29, 0.717) is 5.82 Å². The van der Waals surface area contributed by atoms with Gasteiger partial charge < -0.3 is 0 Å². The summed E-state index contributed by atoms with van der Waals surface area (Å²) in [6, 6.07) is 70.2. The second kappa shape index (κ2) is 13.0. The van der Waals surface area contributed by atoms with Crippen LogP contribution < -0.4 is 0 Å². The van der Waals surface area contributed by atoms with Crippen molar-refractivity contribution in [1.82, 2.24) is 9.97 Å². The highest BCUT2D eigenvalue weighted by molar-refractivity contribution is 6.05. The van der Waals surface area contributed by atoms with Crippen molar-refractivity contribution in [2.24, 2.45) is 0 Å². The number of benzene rings is 9. The van der Waals surface area contributed by atoms with E-state index < -0.39 is 0 Å². The van der Waals surface area contributed by atoms with Crippen LogP contribution in [-0.2, 0) is 5.41 Å². The van der Waals surface area contributed by atoms with Gasteiger partial charge in [-0.25, -0.2) is 9.97 Å². The largest absolute Gasteiger partial charge is 0.228 e. The molecule has 2 nitrogen and oxygen atoms in total. The van der Waals surface area contributed by atoms with Crippen LogP contribution in [-0.4, -0.2) is 9.97 Å². The molecule has 9 aromatic carbocycles. The van der Waals surface area contributed by atoms with Crippen molar-refractivity contribution in [2.45, 2.75) is 19.3 Å². The average Bonchev–Trinajstić information content (AvgIpc) is 3.49. The Labute approximate surface area is 332 Å². The predicted molar refractivity (Wildman–Crippen MR) is 239 cm³/mol. The van der Waals surface area contributed by atoms with Crippen molar-refractivity contribution >= 4 is 32.3 Å². The molecule has 11 rings (SSSR count). The molecular weight excluding hydrogens is 689 g/mol. The zero-order valence-corrected chi connectivity index (χ0v) is 31.9. The summed E-state index contributed by atoms with van der Waals surface area (Å²) in [6.07, 6.45) is 0. The molecule has 0 aliphatic heterocycles. The van der Waals surface area contributed by atoms with Gasteiger partial charge in [-0.2, -0.15) is 0 Å². The topological polar surface area (TPSA) is 25.8 Å². The molecule has 0 saturated carbocycles. The molecule has 0 N–H and O–H groups in total. The molecule has 1 aliphatic rings. The number of aromatic nitrogens is 2. The fourth-order valence-corrected chi connectivity index (χ4v) is 9.12. The maximum absolute atomic E-state index is 5.31. The van der Waals surface area contributed by atoms with Gasteiger partial charge in [0.05, 0.1) is 11.4 Å². The Morgan fingerprint density at radius 1 is 0.316 bits per heavy atom. The Balaban J connectivity index is 1.03. The SMILES string of the molecule is CC1(C)c2ccc(-c3ccc(-c4nc(-c5ccccc5)cc(-c5ccc(-c6cccc7ccccc67)cc5)n4)c4ccccc34)cc2-c2cc3ccccc3cc21. The zero-order valence-electron chi connectivity index (χ0n) is 31.9. The van der Waals surface area contributed by atoms with Crippen molar-refractivity contribution in [3.63, 3.8) is 0 Å². The lowest BCUT2D eigenvalue weighted by Gasteiger charge is -2.22. The standard InChI is InChI=1S/C55H38N2/c1-55(2)50-30-27-41(32-48(50)49-31-39-16-6-7-17-40(39)33-51(49)55)44-28-29-47(46-21-11-10-20-45(44)46)54-56-52(37-14-4-3-5-15-37)34-53(57-54)38-25-23-36(24-26-38)43-22-12-18-35-13-8-9-19-42(35)43/h3-34H,1-2H3. The Morgan fingerprint density at radius 2 is 0.842 bits per heavy atom. The molecule has 0 fully saturated rings. The quantitative estimate of drug-likeness (QED) is 0.176. The van der Waals surface area contributed by atoms with E-state index in [9.17, 15) is 0 Å². The molecule has 0 amide bonds. The number of hydrogen-bond acceptors (Lipinski definition) is 2. The molecule has 1 aromatic heterocycles. The first kappa shape index (κ1) is 33.2. The molecule has 0 saturated heterocycles. The van der Waals surface area contributed by atoms with E-state index >= 15 is 0 Å². The minimum absolute atomic E-state index is 0.0752. The third-order valence-corrected chi connectivity index (χ3v) is 12.1. The van der Waals surface area contributed by atoms with Crippen LogP contribution in [0.2, 0.25) is 0 Å². The molecule has 2 heteroatoms. The smallest absolute Gasteiger partial charge is 0.161 e. The lowest BCUT2D eigenvalue weighted by molar-refractivity contribution is 0.661. The van der Waals surface area contributed by atoms with Crippen molar-refractivity contribution in [3.8, 4) is 67.3 Å². The maximum atomic E-state index is 5.31. The number of rotatable bonds is 5. The molecule has 268 valence electrons. The van der Waals surface area contributed by atoms with Gasteiger partial charge in [-0.1, -0.05) is 178 Å². The van der Waals surface area contributed by atoms with Gasteiger partial charge in [-0.3, -0.25) is 0 Å². The number of nitrogens with zero attached hydrogens (tertiary/aromatic N) is 2.